The van der Waals surface area contributed by atoms with E-state index in [0.717, 1.165) is 10.9 Å². The quantitative estimate of drug-likeness (QED) is 0.110. The summed E-state index contributed by atoms with van der Waals surface area (Å²) in [6.45, 7) is 2.31. The molecule has 2 atom stereocenters. The highest BCUT2D eigenvalue weighted by Crippen LogP contribution is 2.25. The van der Waals surface area contributed by atoms with Gasteiger partial charge in [0.15, 0.2) is 0 Å². The number of para-hydroxylation sites is 1. The van der Waals surface area contributed by atoms with Gasteiger partial charge in [-0.05, 0) is 43.5 Å². The molecule has 3 aromatic rings. The Morgan fingerprint density at radius 3 is 2.57 bits per heavy atom. The number of fused-ring (bicyclic) bond motifs is 1. The molecular formula is C24H27N3O8. The normalized spacial score (nSPS) is 12.7. The van der Waals surface area contributed by atoms with Gasteiger partial charge in [0.05, 0.1) is 23.8 Å². The highest BCUT2D eigenvalue weighted by Gasteiger charge is 2.26. The van der Waals surface area contributed by atoms with Gasteiger partial charge >= 0.3 is 0 Å². The second kappa shape index (κ2) is 12.6. The molecule has 186 valence electrons. The summed E-state index contributed by atoms with van der Waals surface area (Å²) in [7, 11) is 0. The summed E-state index contributed by atoms with van der Waals surface area (Å²) in [5.74, 6) is -1.82. The average Bonchev–Trinajstić information content (AvgIpc) is 3.28. The molecule has 3 N–H and O–H groups in total. The minimum Gasteiger partial charge on any atom is -0.464 e. The first-order valence-corrected chi connectivity index (χ1v) is 11.0. The van der Waals surface area contributed by atoms with Crippen molar-refractivity contribution in [1.29, 1.82) is 0 Å². The zero-order chi connectivity index (χ0) is 25.2. The third kappa shape index (κ3) is 7.09. The van der Waals surface area contributed by atoms with Gasteiger partial charge in [-0.3, -0.25) is 24.9 Å². The summed E-state index contributed by atoms with van der Waals surface area (Å²) in [5, 5.41) is 23.8. The third-order valence-corrected chi connectivity index (χ3v) is 5.44. The predicted octanol–water partition coefficient (Wildman–Crippen LogP) is 3.20. The van der Waals surface area contributed by atoms with Crippen LogP contribution in [-0.2, 0) is 20.7 Å². The number of rotatable bonds is 13. The van der Waals surface area contributed by atoms with E-state index in [1.807, 2.05) is 31.2 Å². The average molecular weight is 485 g/mol. The summed E-state index contributed by atoms with van der Waals surface area (Å²) in [5.41, 5.74) is 3.24. The van der Waals surface area contributed by atoms with Crippen LogP contribution in [0, 0.1) is 16.0 Å². The molecule has 3 rings (SSSR count). The first-order valence-electron chi connectivity index (χ1n) is 11.0. The Kier molecular flexibility index (Phi) is 9.30. The first-order chi connectivity index (χ1) is 16.9. The van der Waals surface area contributed by atoms with Gasteiger partial charge in [0.1, 0.15) is 12.4 Å². The van der Waals surface area contributed by atoms with Crippen LogP contribution in [-0.4, -0.2) is 48.0 Å². The molecule has 2 unspecified atom stereocenters. The molecule has 0 aliphatic carbocycles. The van der Waals surface area contributed by atoms with E-state index in [2.05, 4.69) is 5.32 Å². The fraction of sp³-hybridized carbons (Fsp3) is 0.333. The number of ether oxygens (including phenoxy) is 2. The molecule has 0 saturated heterocycles. The van der Waals surface area contributed by atoms with Crippen molar-refractivity contribution < 1.29 is 33.6 Å². The fourth-order valence-corrected chi connectivity index (χ4v) is 3.68. The summed E-state index contributed by atoms with van der Waals surface area (Å²) in [4.78, 5) is 35.6. The maximum absolute atomic E-state index is 12.8. The van der Waals surface area contributed by atoms with Crippen LogP contribution in [0.2, 0.25) is 0 Å². The van der Waals surface area contributed by atoms with Crippen molar-refractivity contribution in [2.24, 2.45) is 5.92 Å². The first kappa shape index (κ1) is 25.8. The Morgan fingerprint density at radius 2 is 1.89 bits per heavy atom. The van der Waals surface area contributed by atoms with Crippen LogP contribution in [0.15, 0.2) is 59.2 Å². The molecule has 0 saturated carbocycles. The van der Waals surface area contributed by atoms with Crippen LogP contribution in [0.1, 0.15) is 29.3 Å². The van der Waals surface area contributed by atoms with Crippen LogP contribution in [0.25, 0.3) is 11.0 Å². The molecule has 0 radical (unpaired) electrons. The maximum Gasteiger partial charge on any atom is 0.269 e. The van der Waals surface area contributed by atoms with Crippen molar-refractivity contribution in [3.63, 3.8) is 0 Å². The lowest BCUT2D eigenvalue weighted by Gasteiger charge is -2.23. The number of furan rings is 1. The number of nitrogens with one attached hydrogen (secondary N) is 2. The molecular weight excluding hydrogens is 458 g/mol. The number of hydrogen-bond acceptors (Lipinski definition) is 8. The van der Waals surface area contributed by atoms with Gasteiger partial charge in [-0.25, -0.2) is 5.48 Å². The van der Waals surface area contributed by atoms with Crippen molar-refractivity contribution in [3.8, 4) is 0 Å². The molecule has 1 aromatic heterocycles. The molecule has 0 fully saturated rings. The number of hydrogen-bond donors (Lipinski definition) is 3. The van der Waals surface area contributed by atoms with E-state index in [1.54, 1.807) is 11.7 Å². The van der Waals surface area contributed by atoms with Gasteiger partial charge in [0.2, 0.25) is 5.91 Å². The Hall–Kier alpha value is -3.80. The van der Waals surface area contributed by atoms with Gasteiger partial charge < -0.3 is 19.2 Å². The van der Waals surface area contributed by atoms with E-state index >= 15 is 0 Å². The monoisotopic (exact) mass is 485 g/mol. The highest BCUT2D eigenvalue weighted by molar-refractivity contribution is 5.94. The molecule has 2 amide bonds. The Balaban J connectivity index is 1.76. The van der Waals surface area contributed by atoms with Crippen molar-refractivity contribution >= 4 is 28.5 Å². The van der Waals surface area contributed by atoms with Crippen molar-refractivity contribution in [2.45, 2.75) is 25.8 Å². The second-order valence-corrected chi connectivity index (χ2v) is 7.83. The minimum atomic E-state index is -0.723. The van der Waals surface area contributed by atoms with Gasteiger partial charge in [0, 0.05) is 35.6 Å². The molecule has 0 bridgehead atoms. The maximum atomic E-state index is 12.8. The van der Waals surface area contributed by atoms with E-state index in [-0.39, 0.29) is 37.5 Å². The molecule has 2 aromatic carbocycles. The lowest BCUT2D eigenvalue weighted by atomic mass is 9.91. The Morgan fingerprint density at radius 1 is 1.14 bits per heavy atom. The summed E-state index contributed by atoms with van der Waals surface area (Å²) in [6.07, 6.45) is 1.95. The molecule has 0 spiro atoms. The van der Waals surface area contributed by atoms with Gasteiger partial charge in [0.25, 0.3) is 11.6 Å². The van der Waals surface area contributed by atoms with E-state index in [1.165, 1.54) is 24.3 Å². The summed E-state index contributed by atoms with van der Waals surface area (Å²) < 4.78 is 16.2. The standard InChI is InChI=1S/C24H27N3O8/c1-2-33-15-34-14-19(25-23(28)16-7-9-20(10-8-16)27(31)32)12-17(24(29)26-30)11-18-13-35-22-6-4-3-5-21(18)22/h3-10,13,17,19,30H,2,11-12,14-15H2,1H3,(H,25,28)(H,26,29). The number of nitro benzene ring substituents is 1. The molecule has 11 nitrogen and oxygen atoms in total. The van der Waals surface area contributed by atoms with Crippen LogP contribution in [0.5, 0.6) is 0 Å². The number of non-ortho nitro benzene ring substituents is 1. The number of carbonyl (C=O) groups excluding carboxylic acids is 2. The smallest absolute Gasteiger partial charge is 0.269 e. The zero-order valence-corrected chi connectivity index (χ0v) is 19.1. The number of nitro groups is 1. The van der Waals surface area contributed by atoms with Crippen LogP contribution >= 0.6 is 0 Å². The topological polar surface area (TPSA) is 153 Å². The predicted molar refractivity (Wildman–Crippen MR) is 125 cm³/mol. The SMILES string of the molecule is CCOCOCC(CC(Cc1coc2ccccc12)C(=O)NO)NC(=O)c1ccc([N+](=O)[O-])cc1. The summed E-state index contributed by atoms with van der Waals surface area (Å²) in [6, 6.07) is 11.9. The molecule has 0 aliphatic heterocycles. The number of benzene rings is 2. The summed E-state index contributed by atoms with van der Waals surface area (Å²) >= 11 is 0. The van der Waals surface area contributed by atoms with E-state index in [0.29, 0.717) is 12.2 Å². The lowest BCUT2D eigenvalue weighted by molar-refractivity contribution is -0.384. The van der Waals surface area contributed by atoms with E-state index in [4.69, 9.17) is 13.9 Å². The second-order valence-electron chi connectivity index (χ2n) is 7.83. The van der Waals surface area contributed by atoms with Crippen LogP contribution in [0.4, 0.5) is 5.69 Å². The van der Waals surface area contributed by atoms with Crippen LogP contribution in [0.3, 0.4) is 0 Å². The van der Waals surface area contributed by atoms with Crippen LogP contribution < -0.4 is 10.8 Å². The molecule has 11 heteroatoms. The zero-order valence-electron chi connectivity index (χ0n) is 19.1. The van der Waals surface area contributed by atoms with Crippen molar-refractivity contribution in [2.75, 3.05) is 20.0 Å². The molecule has 1 heterocycles. The van der Waals surface area contributed by atoms with Gasteiger partial charge in [-0.1, -0.05) is 18.2 Å². The Labute approximate surface area is 201 Å². The number of hydroxylamine groups is 1. The molecule has 35 heavy (non-hydrogen) atoms. The van der Waals surface area contributed by atoms with Crippen molar-refractivity contribution in [1.82, 2.24) is 10.8 Å². The van der Waals surface area contributed by atoms with E-state index in [9.17, 15) is 24.9 Å². The fourth-order valence-electron chi connectivity index (χ4n) is 3.68. The van der Waals surface area contributed by atoms with E-state index < -0.39 is 28.7 Å². The number of nitrogens with zero attached hydrogens (tertiary/aromatic N) is 1. The minimum absolute atomic E-state index is 0.00360. The highest BCUT2D eigenvalue weighted by atomic mass is 16.7. The largest absolute Gasteiger partial charge is 0.464 e. The van der Waals surface area contributed by atoms with Gasteiger partial charge in [-0.15, -0.1) is 0 Å². The van der Waals surface area contributed by atoms with Gasteiger partial charge in [-0.2, -0.15) is 0 Å². The third-order valence-electron chi connectivity index (χ3n) is 5.44. The Bertz CT molecular complexity index is 1150. The lowest BCUT2D eigenvalue weighted by Crippen LogP contribution is -2.42. The molecule has 0 aliphatic rings. The number of amides is 2. The number of carbonyl (C=O) groups is 2. The van der Waals surface area contributed by atoms with Crippen molar-refractivity contribution in [3.05, 3.63) is 76.0 Å².